The van der Waals surface area contributed by atoms with E-state index in [9.17, 15) is 19.2 Å². The molecule has 11 heteroatoms. The van der Waals surface area contributed by atoms with E-state index < -0.39 is 0 Å². The van der Waals surface area contributed by atoms with Gasteiger partial charge in [-0.15, -0.1) is 0 Å². The van der Waals surface area contributed by atoms with Gasteiger partial charge >= 0.3 is 23.9 Å². The summed E-state index contributed by atoms with van der Waals surface area (Å²) in [5, 5.41) is 7.62. The smallest absolute Gasteiger partial charge is 0.365 e. The Kier molecular flexibility index (Phi) is 50.3. The maximum absolute atomic E-state index is 13.4. The van der Waals surface area contributed by atoms with Crippen molar-refractivity contribution in [2.24, 2.45) is 0 Å². The van der Waals surface area contributed by atoms with Crippen molar-refractivity contribution in [2.75, 3.05) is 59.1 Å². The van der Waals surface area contributed by atoms with Crippen LogP contribution in [0.3, 0.4) is 0 Å². The van der Waals surface area contributed by atoms with Crippen LogP contribution < -0.4 is 5.32 Å². The van der Waals surface area contributed by atoms with E-state index in [0.29, 0.717) is 65.4 Å². The molecule has 0 aromatic rings. The molecule has 0 aromatic carbocycles. The van der Waals surface area contributed by atoms with Crippen molar-refractivity contribution < 1.29 is 38.0 Å². The van der Waals surface area contributed by atoms with E-state index in [-0.39, 0.29) is 43.0 Å². The average molecular weight is 1050 g/mol. The fraction of sp³-hybridized carbons (Fsp3) is 0.921. The summed E-state index contributed by atoms with van der Waals surface area (Å²) in [6.07, 6.45) is 50.5. The van der Waals surface area contributed by atoms with Gasteiger partial charge in [-0.2, -0.15) is 10.0 Å². The Hall–Kier alpha value is -2.69. The number of carbonyl (C=O) groups is 4. The summed E-state index contributed by atoms with van der Waals surface area (Å²) in [7, 11) is 0. The Labute approximate surface area is 456 Å². The highest BCUT2D eigenvalue weighted by molar-refractivity contribution is 5.79. The second-order valence-electron chi connectivity index (χ2n) is 22.0. The molecule has 74 heavy (non-hydrogen) atoms. The van der Waals surface area contributed by atoms with Crippen LogP contribution in [0.4, 0.5) is 0 Å². The number of esters is 3. The normalized spacial score (nSPS) is 12.4. The highest BCUT2D eigenvalue weighted by atomic mass is 16.5. The molecule has 1 heterocycles. The number of carbonyl (C=O) groups excluding carboxylic acids is 4. The van der Waals surface area contributed by atoms with Gasteiger partial charge < -0.3 is 14.2 Å². The standard InChI is InChI=1S/C63H120N4O7/c1-5-9-13-17-21-25-29-33-37-41-45-59(68)46-51-65-55-50-64-63(65)67(54-49-62(71)74-58-44-40-36-32-28-24-20-16-12-8-4)66(52-47-60(69)72-56-42-38-34-30-26-22-18-14-10-6-2)53-48-61(70)73-57-43-39-35-31-27-23-19-15-11-7-3/h5-58H2,1-4H3/p+1. The molecule has 0 unspecified atom stereocenters. The summed E-state index contributed by atoms with van der Waals surface area (Å²) in [6, 6.07) is 0. The molecule has 0 saturated heterocycles. The summed E-state index contributed by atoms with van der Waals surface area (Å²) in [4.78, 5) is 53.3. The lowest BCUT2D eigenvalue weighted by atomic mass is 10.0. The van der Waals surface area contributed by atoms with Crippen LogP contribution in [0.2, 0.25) is 0 Å². The number of rotatable bonds is 57. The van der Waals surface area contributed by atoms with Crippen LogP contribution in [0.25, 0.3) is 0 Å². The quantitative estimate of drug-likeness (QED) is 0.0207. The van der Waals surface area contributed by atoms with E-state index in [4.69, 9.17) is 14.2 Å². The van der Waals surface area contributed by atoms with E-state index >= 15 is 0 Å². The van der Waals surface area contributed by atoms with Crippen LogP contribution in [-0.2, 0) is 33.4 Å². The van der Waals surface area contributed by atoms with Crippen LogP contribution in [0.1, 0.15) is 317 Å². The first-order chi connectivity index (χ1) is 36.4. The molecular weight excluding hydrogens is 925 g/mol. The lowest BCUT2D eigenvalue weighted by Crippen LogP contribution is -2.54. The van der Waals surface area contributed by atoms with Gasteiger partial charge in [0.05, 0.1) is 65.3 Å². The van der Waals surface area contributed by atoms with Crippen molar-refractivity contribution >= 4 is 29.7 Å². The number of guanidine groups is 1. The fourth-order valence-corrected chi connectivity index (χ4v) is 10.1. The minimum absolute atomic E-state index is 0.149. The molecule has 0 aliphatic carbocycles. The van der Waals surface area contributed by atoms with E-state index in [1.807, 2.05) is 10.0 Å². The molecule has 0 spiro atoms. The predicted molar refractivity (Wildman–Crippen MR) is 310 cm³/mol. The zero-order valence-electron chi connectivity index (χ0n) is 49.4. The minimum Gasteiger partial charge on any atom is -0.466 e. The molecule has 0 fully saturated rings. The molecule has 0 aromatic heterocycles. The second-order valence-corrected chi connectivity index (χ2v) is 22.0. The summed E-state index contributed by atoms with van der Waals surface area (Å²) in [5.74, 6) is 0.310. The fourth-order valence-electron chi connectivity index (χ4n) is 10.1. The third kappa shape index (κ3) is 43.4. The summed E-state index contributed by atoms with van der Waals surface area (Å²) >= 11 is 0. The molecule has 0 amide bonds. The zero-order chi connectivity index (χ0) is 53.6. The number of hydrogen-bond acceptors (Lipinski definition) is 10. The molecule has 1 rings (SSSR count). The van der Waals surface area contributed by atoms with Crippen molar-refractivity contribution in [1.29, 1.82) is 0 Å². The molecule has 434 valence electrons. The van der Waals surface area contributed by atoms with Crippen LogP contribution in [0, 0.1) is 0 Å². The average Bonchev–Trinajstić information content (AvgIpc) is 3.87. The molecule has 0 atom stereocenters. The number of hydrogen-bond donors (Lipinski definition) is 1. The van der Waals surface area contributed by atoms with Gasteiger partial charge in [0.2, 0.25) is 0 Å². The summed E-state index contributed by atoms with van der Waals surface area (Å²) in [6.45, 7) is 13.2. The van der Waals surface area contributed by atoms with Gasteiger partial charge in [0.15, 0.2) is 0 Å². The number of nitrogens with one attached hydrogen (secondary N) is 1. The van der Waals surface area contributed by atoms with Gasteiger partial charge in [0, 0.05) is 25.9 Å². The molecular formula is C63H121N4O7+. The Morgan fingerprint density at radius 2 is 0.676 bits per heavy atom. The first-order valence-corrected chi connectivity index (χ1v) is 32.2. The van der Waals surface area contributed by atoms with E-state index in [2.05, 4.69) is 37.6 Å². The van der Waals surface area contributed by atoms with Crippen molar-refractivity contribution in [3.05, 3.63) is 0 Å². The summed E-state index contributed by atoms with van der Waals surface area (Å²) in [5.41, 5.74) is 0. The molecule has 1 aliphatic rings. The third-order valence-corrected chi connectivity index (χ3v) is 15.0. The van der Waals surface area contributed by atoms with Gasteiger partial charge in [-0.3, -0.25) is 29.1 Å². The molecule has 0 saturated carbocycles. The topological polar surface area (TPSA) is 117 Å². The van der Waals surface area contributed by atoms with Gasteiger partial charge in [-0.1, -0.05) is 259 Å². The first kappa shape index (κ1) is 69.3. The zero-order valence-corrected chi connectivity index (χ0v) is 49.4. The number of ether oxygens (including phenoxy) is 3. The molecule has 0 radical (unpaired) electrons. The SMILES string of the molecule is CCCCCCCCCCCCOC(=O)CCN(CCC(=O)OCCCCCCCCCCCC)N(CCC(=O)OCCCCCCCCCCCC)C1=[N+](CCC(=O)CCCCCCCCCCCC)CCN1. The molecule has 0 bridgehead atoms. The number of Topliss-reactive ketones (excluding diaryl/α,β-unsaturated/α-hetero) is 1. The minimum atomic E-state index is -0.260. The number of hydrazine groups is 1. The highest BCUT2D eigenvalue weighted by Crippen LogP contribution is 2.16. The Balaban J connectivity index is 3.00. The lowest BCUT2D eigenvalue weighted by Gasteiger charge is -2.31. The first-order valence-electron chi connectivity index (χ1n) is 32.2. The number of unbranched alkanes of at least 4 members (excludes halogenated alkanes) is 36. The van der Waals surface area contributed by atoms with Crippen LogP contribution >= 0.6 is 0 Å². The lowest BCUT2D eigenvalue weighted by molar-refractivity contribution is -0.523. The number of nitrogens with zero attached hydrogens (tertiary/aromatic N) is 3. The van der Waals surface area contributed by atoms with E-state index in [1.165, 1.54) is 193 Å². The van der Waals surface area contributed by atoms with E-state index in [1.54, 1.807) is 0 Å². The van der Waals surface area contributed by atoms with Gasteiger partial charge in [-0.05, 0) is 25.7 Å². The molecule has 1 aliphatic heterocycles. The summed E-state index contributed by atoms with van der Waals surface area (Å²) < 4.78 is 19.5. The van der Waals surface area contributed by atoms with Crippen LogP contribution in [0.5, 0.6) is 0 Å². The monoisotopic (exact) mass is 1050 g/mol. The van der Waals surface area contributed by atoms with Gasteiger partial charge in [0.25, 0.3) is 0 Å². The Bertz CT molecular complexity index is 1300. The Morgan fingerprint density at radius 3 is 1.01 bits per heavy atom. The van der Waals surface area contributed by atoms with Crippen molar-refractivity contribution in [1.82, 2.24) is 15.3 Å². The predicted octanol–water partition coefficient (Wildman–Crippen LogP) is 16.3. The van der Waals surface area contributed by atoms with Crippen molar-refractivity contribution in [3.63, 3.8) is 0 Å². The third-order valence-electron chi connectivity index (χ3n) is 15.0. The van der Waals surface area contributed by atoms with Crippen molar-refractivity contribution in [2.45, 2.75) is 317 Å². The highest BCUT2D eigenvalue weighted by Gasteiger charge is 2.34. The Morgan fingerprint density at radius 1 is 0.378 bits per heavy atom. The second kappa shape index (κ2) is 53.7. The molecule has 1 N–H and O–H groups in total. The maximum atomic E-state index is 13.4. The number of ketones is 1. The maximum Gasteiger partial charge on any atom is 0.365 e. The molecule has 11 nitrogen and oxygen atoms in total. The van der Waals surface area contributed by atoms with Crippen LogP contribution in [0.15, 0.2) is 0 Å². The van der Waals surface area contributed by atoms with Crippen LogP contribution in [-0.4, -0.2) is 103 Å². The largest absolute Gasteiger partial charge is 0.466 e. The van der Waals surface area contributed by atoms with Gasteiger partial charge in [-0.25, -0.2) is 0 Å². The van der Waals surface area contributed by atoms with Gasteiger partial charge in [0.1, 0.15) is 5.78 Å². The van der Waals surface area contributed by atoms with E-state index in [0.717, 1.165) is 76.7 Å². The van der Waals surface area contributed by atoms with Crippen molar-refractivity contribution in [3.8, 4) is 0 Å².